The van der Waals surface area contributed by atoms with Crippen LogP contribution >= 0.6 is 11.6 Å². The van der Waals surface area contributed by atoms with Crippen LogP contribution in [0.4, 0.5) is 13.2 Å². The van der Waals surface area contributed by atoms with Crippen molar-refractivity contribution in [3.8, 4) is 0 Å². The second-order valence-electron chi connectivity index (χ2n) is 3.57. The average Bonchev–Trinajstić information content (AvgIpc) is 2.00. The van der Waals surface area contributed by atoms with Gasteiger partial charge in [0.15, 0.2) is 0 Å². The van der Waals surface area contributed by atoms with Crippen molar-refractivity contribution >= 4 is 11.6 Å². The van der Waals surface area contributed by atoms with Gasteiger partial charge in [-0.3, -0.25) is 0 Å². The third kappa shape index (κ3) is 3.72. The number of aliphatic hydroxyl groups is 1. The molecule has 1 rings (SSSR count). The topological polar surface area (TPSA) is 20.2 Å². The molecule has 0 saturated carbocycles. The van der Waals surface area contributed by atoms with E-state index in [-0.39, 0.29) is 5.56 Å². The third-order valence-electron chi connectivity index (χ3n) is 2.01. The summed E-state index contributed by atoms with van der Waals surface area (Å²) >= 11 is 5.59. The summed E-state index contributed by atoms with van der Waals surface area (Å²) < 4.78 is 36.4. The minimum absolute atomic E-state index is 0.198. The van der Waals surface area contributed by atoms with Crippen molar-refractivity contribution in [2.75, 3.05) is 0 Å². The van der Waals surface area contributed by atoms with Crippen LogP contribution < -0.4 is 0 Å². The second-order valence-corrected chi connectivity index (χ2v) is 4.01. The van der Waals surface area contributed by atoms with Crippen LogP contribution in [0.3, 0.4) is 0 Å². The summed E-state index contributed by atoms with van der Waals surface area (Å²) in [6.07, 6.45) is -5.68. The van der Waals surface area contributed by atoms with Gasteiger partial charge in [-0.25, -0.2) is 0 Å². The lowest BCUT2D eigenvalue weighted by atomic mass is 9.92. The highest BCUT2D eigenvalue weighted by molar-refractivity contribution is 6.30. The van der Waals surface area contributed by atoms with Crippen LogP contribution in [0.2, 0.25) is 5.02 Å². The molecule has 15 heavy (non-hydrogen) atoms. The number of hydrogen-bond donors (Lipinski definition) is 1. The second kappa shape index (κ2) is 4.02. The Morgan fingerprint density at radius 2 is 1.67 bits per heavy atom. The van der Waals surface area contributed by atoms with Crippen LogP contribution in [-0.4, -0.2) is 11.3 Å². The number of halogens is 4. The Bertz CT molecular complexity index is 330. The Hall–Kier alpha value is -0.740. The first kappa shape index (κ1) is 12.3. The summed E-state index contributed by atoms with van der Waals surface area (Å²) in [5, 5.41) is 10.1. The molecule has 0 aliphatic heterocycles. The maximum absolute atomic E-state index is 12.1. The minimum atomic E-state index is -4.40. The number of alkyl halides is 3. The van der Waals surface area contributed by atoms with Crippen molar-refractivity contribution in [2.24, 2.45) is 0 Å². The zero-order valence-electron chi connectivity index (χ0n) is 7.98. The molecule has 1 atom stereocenters. The molecule has 1 aromatic carbocycles. The zero-order valence-corrected chi connectivity index (χ0v) is 8.73. The van der Waals surface area contributed by atoms with E-state index in [2.05, 4.69) is 0 Å². The fourth-order valence-electron chi connectivity index (χ4n) is 1.30. The number of hydrogen-bond acceptors (Lipinski definition) is 1. The molecule has 0 aromatic heterocycles. The lowest BCUT2D eigenvalue weighted by Crippen LogP contribution is -2.28. The van der Waals surface area contributed by atoms with Crippen molar-refractivity contribution in [3.63, 3.8) is 0 Å². The average molecular weight is 239 g/mol. The predicted molar refractivity (Wildman–Crippen MR) is 51.7 cm³/mol. The van der Waals surface area contributed by atoms with E-state index >= 15 is 0 Å². The van der Waals surface area contributed by atoms with Crippen molar-refractivity contribution in [2.45, 2.75) is 25.1 Å². The van der Waals surface area contributed by atoms with Crippen molar-refractivity contribution in [1.82, 2.24) is 0 Å². The SMILES string of the molecule is CC(O)(CC(F)(F)F)c1ccc(Cl)cc1. The monoisotopic (exact) mass is 238 g/mol. The summed E-state index contributed by atoms with van der Waals surface area (Å²) in [7, 11) is 0. The smallest absolute Gasteiger partial charge is 0.385 e. The summed E-state index contributed by atoms with van der Waals surface area (Å²) in [5.74, 6) is 0. The number of benzene rings is 1. The molecule has 1 N–H and O–H groups in total. The highest BCUT2D eigenvalue weighted by Crippen LogP contribution is 2.34. The van der Waals surface area contributed by atoms with Crippen LogP contribution in [-0.2, 0) is 5.60 Å². The van der Waals surface area contributed by atoms with Crippen molar-refractivity contribution in [1.29, 1.82) is 0 Å². The van der Waals surface area contributed by atoms with Crippen LogP contribution in [0, 0.1) is 0 Å². The van der Waals surface area contributed by atoms with E-state index in [0.29, 0.717) is 5.02 Å². The Kier molecular flexibility index (Phi) is 3.31. The molecule has 0 heterocycles. The molecule has 1 nitrogen and oxygen atoms in total. The highest BCUT2D eigenvalue weighted by Gasteiger charge is 2.39. The summed E-state index contributed by atoms with van der Waals surface area (Å²) in [5.41, 5.74) is -1.72. The first-order valence-corrected chi connectivity index (χ1v) is 4.64. The van der Waals surface area contributed by atoms with E-state index in [9.17, 15) is 18.3 Å². The molecule has 1 aromatic rings. The van der Waals surface area contributed by atoms with Crippen LogP contribution in [0.25, 0.3) is 0 Å². The zero-order chi connectivity index (χ0) is 11.7. The van der Waals surface area contributed by atoms with E-state index in [1.165, 1.54) is 24.3 Å². The largest absolute Gasteiger partial charge is 0.392 e. The van der Waals surface area contributed by atoms with Gasteiger partial charge in [0.25, 0.3) is 0 Å². The van der Waals surface area contributed by atoms with Gasteiger partial charge in [-0.1, -0.05) is 23.7 Å². The molecule has 0 fully saturated rings. The highest BCUT2D eigenvalue weighted by atomic mass is 35.5. The van der Waals surface area contributed by atoms with Gasteiger partial charge in [0.05, 0.1) is 12.0 Å². The molecule has 0 saturated heterocycles. The maximum Gasteiger partial charge on any atom is 0.392 e. The van der Waals surface area contributed by atoms with Gasteiger partial charge in [-0.05, 0) is 24.6 Å². The summed E-state index contributed by atoms with van der Waals surface area (Å²) in [6, 6.07) is 5.66. The Labute approximate surface area is 90.5 Å². The molecular weight excluding hydrogens is 229 g/mol. The molecule has 0 aliphatic rings. The van der Waals surface area contributed by atoms with Crippen molar-refractivity contribution < 1.29 is 18.3 Å². The summed E-state index contributed by atoms with van der Waals surface area (Å²) in [4.78, 5) is 0. The first-order chi connectivity index (χ1) is 6.71. The number of rotatable bonds is 2. The molecule has 1 unspecified atom stereocenters. The molecule has 84 valence electrons. The van der Waals surface area contributed by atoms with E-state index in [1.54, 1.807) is 0 Å². The minimum Gasteiger partial charge on any atom is -0.385 e. The van der Waals surface area contributed by atoms with Gasteiger partial charge < -0.3 is 5.11 Å². The Balaban J connectivity index is 2.90. The van der Waals surface area contributed by atoms with Gasteiger partial charge in [0.1, 0.15) is 0 Å². The summed E-state index contributed by atoms with van der Waals surface area (Å²) in [6.45, 7) is 1.13. The van der Waals surface area contributed by atoms with Crippen LogP contribution in [0.1, 0.15) is 18.9 Å². The van der Waals surface area contributed by atoms with Gasteiger partial charge in [-0.2, -0.15) is 13.2 Å². The van der Waals surface area contributed by atoms with E-state index in [0.717, 1.165) is 6.92 Å². The normalized spacial score (nSPS) is 16.1. The van der Waals surface area contributed by atoms with Gasteiger partial charge in [-0.15, -0.1) is 0 Å². The maximum atomic E-state index is 12.1. The van der Waals surface area contributed by atoms with E-state index in [1.807, 2.05) is 0 Å². The van der Waals surface area contributed by atoms with Gasteiger partial charge >= 0.3 is 6.18 Å². The quantitative estimate of drug-likeness (QED) is 0.836. The lowest BCUT2D eigenvalue weighted by Gasteiger charge is -2.25. The predicted octanol–water partition coefficient (Wildman–Crippen LogP) is 3.50. The fraction of sp³-hybridized carbons (Fsp3) is 0.400. The Morgan fingerprint density at radius 1 is 1.20 bits per heavy atom. The molecule has 0 spiro atoms. The molecule has 5 heteroatoms. The molecule has 0 amide bonds. The van der Waals surface area contributed by atoms with Crippen molar-refractivity contribution in [3.05, 3.63) is 34.9 Å². The fourth-order valence-corrected chi connectivity index (χ4v) is 1.43. The van der Waals surface area contributed by atoms with Gasteiger partial charge in [0.2, 0.25) is 0 Å². The Morgan fingerprint density at radius 3 is 2.07 bits per heavy atom. The lowest BCUT2D eigenvalue weighted by molar-refractivity contribution is -0.174. The van der Waals surface area contributed by atoms with E-state index in [4.69, 9.17) is 11.6 Å². The van der Waals surface area contributed by atoms with Crippen LogP contribution in [0.15, 0.2) is 24.3 Å². The van der Waals surface area contributed by atoms with E-state index < -0.39 is 18.2 Å². The molecule has 0 radical (unpaired) electrons. The molecule has 0 aliphatic carbocycles. The third-order valence-corrected chi connectivity index (χ3v) is 2.26. The van der Waals surface area contributed by atoms with Gasteiger partial charge in [0, 0.05) is 5.02 Å². The standard InChI is InChI=1S/C10H10ClF3O/c1-9(15,6-10(12,13)14)7-2-4-8(11)5-3-7/h2-5,15H,6H2,1H3. The first-order valence-electron chi connectivity index (χ1n) is 4.26. The van der Waals surface area contributed by atoms with Crippen LogP contribution in [0.5, 0.6) is 0 Å². The molecule has 0 bridgehead atoms. The molecular formula is C10H10ClF3O.